The summed E-state index contributed by atoms with van der Waals surface area (Å²) in [4.78, 5) is 0. The molecule has 0 heterocycles. The molecule has 0 atom stereocenters. The van der Waals surface area contributed by atoms with Gasteiger partial charge in [0.25, 0.3) is 0 Å². The lowest BCUT2D eigenvalue weighted by Crippen LogP contribution is -2.06. The molecular weight excluding hydrogens is 217 g/mol. The van der Waals surface area contributed by atoms with Gasteiger partial charge in [-0.15, -0.1) is 0 Å². The van der Waals surface area contributed by atoms with Crippen molar-refractivity contribution >= 4 is 11.6 Å². The van der Waals surface area contributed by atoms with E-state index in [0.29, 0.717) is 6.42 Å². The second-order valence-electron chi connectivity index (χ2n) is 2.81. The second kappa shape index (κ2) is 3.69. The van der Waals surface area contributed by atoms with E-state index in [0.717, 1.165) is 12.1 Å². The third-order valence-corrected chi connectivity index (χ3v) is 2.17. The highest BCUT2D eigenvalue weighted by Crippen LogP contribution is 2.37. The summed E-state index contributed by atoms with van der Waals surface area (Å²) in [6.07, 6.45) is -4.15. The fourth-order valence-corrected chi connectivity index (χ4v) is 1.37. The molecule has 0 saturated heterocycles. The Morgan fingerprint density at radius 1 is 1.36 bits per heavy atom. The molecule has 1 aromatic carbocycles. The van der Waals surface area contributed by atoms with Gasteiger partial charge in [0.2, 0.25) is 0 Å². The number of benzene rings is 1. The van der Waals surface area contributed by atoms with Gasteiger partial charge in [-0.2, -0.15) is 13.2 Å². The molecule has 0 aliphatic carbocycles. The van der Waals surface area contributed by atoms with Gasteiger partial charge >= 0.3 is 6.18 Å². The van der Waals surface area contributed by atoms with E-state index in [2.05, 4.69) is 0 Å². The predicted octanol–water partition coefficient (Wildman–Crippen LogP) is 3.63. The molecule has 78 valence electrons. The number of hydrogen-bond donors (Lipinski definition) is 1. The largest absolute Gasteiger partial charge is 0.508 e. The standard InChI is InChI=1S/C9H8ClF3O/c1-2-5-3-6(9(11,12)13)7(10)4-8(5)14/h3-4,14H,2H2,1H3. The van der Waals surface area contributed by atoms with Crippen molar-refractivity contribution in [2.75, 3.05) is 0 Å². The maximum absolute atomic E-state index is 12.3. The van der Waals surface area contributed by atoms with E-state index < -0.39 is 16.8 Å². The Kier molecular flexibility index (Phi) is 2.95. The monoisotopic (exact) mass is 224 g/mol. The molecule has 0 aliphatic rings. The van der Waals surface area contributed by atoms with Gasteiger partial charge in [0.05, 0.1) is 10.6 Å². The predicted molar refractivity (Wildman–Crippen MR) is 47.5 cm³/mol. The van der Waals surface area contributed by atoms with Crippen molar-refractivity contribution in [3.63, 3.8) is 0 Å². The zero-order valence-electron chi connectivity index (χ0n) is 7.32. The first kappa shape index (κ1) is 11.2. The number of phenolic OH excluding ortho intramolecular Hbond substituents is 1. The number of hydrogen-bond acceptors (Lipinski definition) is 1. The van der Waals surface area contributed by atoms with Gasteiger partial charge in [0.15, 0.2) is 0 Å². The van der Waals surface area contributed by atoms with Crippen LogP contribution < -0.4 is 0 Å². The molecule has 0 spiro atoms. The van der Waals surface area contributed by atoms with E-state index in [9.17, 15) is 18.3 Å². The van der Waals surface area contributed by atoms with Crippen LogP contribution in [-0.2, 0) is 12.6 Å². The minimum atomic E-state index is -4.48. The van der Waals surface area contributed by atoms with Gasteiger partial charge in [-0.25, -0.2) is 0 Å². The van der Waals surface area contributed by atoms with E-state index in [1.165, 1.54) is 0 Å². The van der Waals surface area contributed by atoms with Crippen molar-refractivity contribution in [2.45, 2.75) is 19.5 Å². The van der Waals surface area contributed by atoms with Gasteiger partial charge in [-0.3, -0.25) is 0 Å². The lowest BCUT2D eigenvalue weighted by atomic mass is 10.1. The smallest absolute Gasteiger partial charge is 0.417 e. The van der Waals surface area contributed by atoms with E-state index in [-0.39, 0.29) is 11.3 Å². The van der Waals surface area contributed by atoms with Crippen LogP contribution in [0, 0.1) is 0 Å². The summed E-state index contributed by atoms with van der Waals surface area (Å²) < 4.78 is 37.0. The third kappa shape index (κ3) is 2.12. The summed E-state index contributed by atoms with van der Waals surface area (Å²) in [5, 5.41) is 8.75. The lowest BCUT2D eigenvalue weighted by Gasteiger charge is -2.11. The number of aromatic hydroxyl groups is 1. The summed E-state index contributed by atoms with van der Waals surface area (Å²) in [7, 11) is 0. The van der Waals surface area contributed by atoms with Crippen molar-refractivity contribution < 1.29 is 18.3 Å². The molecule has 0 aromatic heterocycles. The molecule has 1 rings (SSSR count). The Morgan fingerprint density at radius 3 is 2.36 bits per heavy atom. The average Bonchev–Trinajstić information content (AvgIpc) is 2.02. The van der Waals surface area contributed by atoms with Crippen LogP contribution >= 0.6 is 11.6 Å². The Labute approximate surface area is 84.1 Å². The van der Waals surface area contributed by atoms with Gasteiger partial charge < -0.3 is 5.11 Å². The van der Waals surface area contributed by atoms with Crippen LogP contribution in [0.25, 0.3) is 0 Å². The van der Waals surface area contributed by atoms with Crippen molar-refractivity contribution in [1.82, 2.24) is 0 Å². The average molecular weight is 225 g/mol. The van der Waals surface area contributed by atoms with E-state index >= 15 is 0 Å². The summed E-state index contributed by atoms with van der Waals surface area (Å²) in [6, 6.07) is 1.79. The van der Waals surface area contributed by atoms with Crippen LogP contribution in [0.5, 0.6) is 5.75 Å². The highest BCUT2D eigenvalue weighted by molar-refractivity contribution is 6.31. The summed E-state index contributed by atoms with van der Waals surface area (Å²) in [5.41, 5.74) is -0.671. The number of halogens is 4. The molecule has 0 aliphatic heterocycles. The fourth-order valence-electron chi connectivity index (χ4n) is 1.11. The molecule has 1 nitrogen and oxygen atoms in total. The van der Waals surface area contributed by atoms with E-state index in [1.807, 2.05) is 0 Å². The van der Waals surface area contributed by atoms with Crippen LogP contribution in [0.3, 0.4) is 0 Å². The first-order chi connectivity index (χ1) is 6.36. The number of alkyl halides is 3. The number of aryl methyl sites for hydroxylation is 1. The van der Waals surface area contributed by atoms with Gasteiger partial charge in [0.1, 0.15) is 5.75 Å². The van der Waals surface area contributed by atoms with Crippen molar-refractivity contribution in [2.24, 2.45) is 0 Å². The van der Waals surface area contributed by atoms with Crippen molar-refractivity contribution in [3.05, 3.63) is 28.3 Å². The van der Waals surface area contributed by atoms with E-state index in [4.69, 9.17) is 11.6 Å². The van der Waals surface area contributed by atoms with Crippen LogP contribution in [0.4, 0.5) is 13.2 Å². The molecule has 0 radical (unpaired) electrons. The Morgan fingerprint density at radius 2 is 1.93 bits per heavy atom. The first-order valence-electron chi connectivity index (χ1n) is 3.94. The second-order valence-corrected chi connectivity index (χ2v) is 3.22. The molecule has 0 unspecified atom stereocenters. The van der Waals surface area contributed by atoms with Gasteiger partial charge in [0, 0.05) is 0 Å². The van der Waals surface area contributed by atoms with Crippen LogP contribution in [0.1, 0.15) is 18.1 Å². The summed E-state index contributed by atoms with van der Waals surface area (Å²) >= 11 is 5.36. The van der Waals surface area contributed by atoms with Crippen molar-refractivity contribution in [1.29, 1.82) is 0 Å². The molecule has 0 saturated carbocycles. The van der Waals surface area contributed by atoms with Crippen LogP contribution in [-0.4, -0.2) is 5.11 Å². The highest BCUT2D eigenvalue weighted by Gasteiger charge is 2.33. The molecule has 1 N–H and O–H groups in total. The van der Waals surface area contributed by atoms with Crippen LogP contribution in [0.15, 0.2) is 12.1 Å². The summed E-state index contributed by atoms with van der Waals surface area (Å²) in [6.45, 7) is 1.66. The minimum absolute atomic E-state index is 0.203. The quantitative estimate of drug-likeness (QED) is 0.772. The maximum Gasteiger partial charge on any atom is 0.417 e. The normalized spacial score (nSPS) is 11.8. The molecule has 0 amide bonds. The lowest BCUT2D eigenvalue weighted by molar-refractivity contribution is -0.137. The zero-order chi connectivity index (χ0) is 10.9. The molecule has 5 heteroatoms. The Bertz CT molecular complexity index is 347. The third-order valence-electron chi connectivity index (χ3n) is 1.85. The molecule has 0 bridgehead atoms. The molecular formula is C9H8ClF3O. The zero-order valence-corrected chi connectivity index (χ0v) is 8.08. The highest BCUT2D eigenvalue weighted by atomic mass is 35.5. The molecule has 0 fully saturated rings. The van der Waals surface area contributed by atoms with Crippen molar-refractivity contribution in [3.8, 4) is 5.75 Å². The fraction of sp³-hybridized carbons (Fsp3) is 0.333. The van der Waals surface area contributed by atoms with Gasteiger partial charge in [-0.1, -0.05) is 18.5 Å². The number of phenols is 1. The SMILES string of the molecule is CCc1cc(C(F)(F)F)c(Cl)cc1O. The Hall–Kier alpha value is -0.900. The summed E-state index contributed by atoms with van der Waals surface area (Å²) in [5.74, 6) is -0.203. The number of rotatable bonds is 1. The van der Waals surface area contributed by atoms with Crippen LogP contribution in [0.2, 0.25) is 5.02 Å². The van der Waals surface area contributed by atoms with Gasteiger partial charge in [-0.05, 0) is 24.1 Å². The molecule has 14 heavy (non-hydrogen) atoms. The maximum atomic E-state index is 12.3. The van der Waals surface area contributed by atoms with E-state index in [1.54, 1.807) is 6.92 Å². The Balaban J connectivity index is 3.32. The topological polar surface area (TPSA) is 20.2 Å². The molecule has 1 aromatic rings. The minimum Gasteiger partial charge on any atom is -0.508 e. The first-order valence-corrected chi connectivity index (χ1v) is 4.32.